The molecule has 3 aromatic carbocycles. The molecule has 8 heteroatoms. The Morgan fingerprint density at radius 1 is 0.976 bits per heavy atom. The van der Waals surface area contributed by atoms with Gasteiger partial charge < -0.3 is 20.3 Å². The summed E-state index contributed by atoms with van der Waals surface area (Å²) in [6, 6.07) is 25.0. The van der Waals surface area contributed by atoms with E-state index >= 15 is 0 Å². The van der Waals surface area contributed by atoms with Crippen LogP contribution in [0, 0.1) is 0 Å². The Labute approximate surface area is 245 Å². The van der Waals surface area contributed by atoms with Gasteiger partial charge in [0.05, 0.1) is 22.5 Å². The highest BCUT2D eigenvalue weighted by atomic mass is 32.2. The maximum Gasteiger partial charge on any atom is 0.251 e. The Kier molecular flexibility index (Phi) is 10.5. The highest BCUT2D eigenvalue weighted by Crippen LogP contribution is 2.34. The molecule has 0 saturated carbocycles. The standard InChI is InChI=1S/C33H36N4O3S/c1-4-37(5-2)20-10-19-35-32(39)25-12-9-11-24(21-25)30-28(22-38)29(33(40)36-30)31(34-3)23-15-17-27(18-16-23)41-26-13-7-6-8-14-26/h6-9,11-18,21-22,36,40H,4-5,10,19-20H2,1-3H3,(H,35,39). The lowest BCUT2D eigenvalue weighted by Gasteiger charge is -2.17. The molecule has 0 saturated heterocycles. The molecule has 0 spiro atoms. The first-order valence-corrected chi connectivity index (χ1v) is 14.6. The molecule has 212 valence electrons. The number of aromatic hydroxyl groups is 1. The lowest BCUT2D eigenvalue weighted by Crippen LogP contribution is -2.29. The van der Waals surface area contributed by atoms with Gasteiger partial charge in [0, 0.05) is 34.5 Å². The Hall–Kier alpha value is -4.14. The molecule has 0 aliphatic rings. The minimum Gasteiger partial charge on any atom is -0.494 e. The number of nitrogens with zero attached hydrogens (tertiary/aromatic N) is 2. The summed E-state index contributed by atoms with van der Waals surface area (Å²) in [5.74, 6) is -0.337. The number of hydrogen-bond acceptors (Lipinski definition) is 6. The van der Waals surface area contributed by atoms with Gasteiger partial charge in [0.25, 0.3) is 5.91 Å². The van der Waals surface area contributed by atoms with Crippen molar-refractivity contribution in [2.24, 2.45) is 4.99 Å². The summed E-state index contributed by atoms with van der Waals surface area (Å²) >= 11 is 1.65. The lowest BCUT2D eigenvalue weighted by molar-refractivity contribution is 0.0951. The second-order valence-electron chi connectivity index (χ2n) is 9.48. The van der Waals surface area contributed by atoms with E-state index in [0.717, 1.165) is 41.4 Å². The molecule has 41 heavy (non-hydrogen) atoms. The van der Waals surface area contributed by atoms with Crippen molar-refractivity contribution in [3.63, 3.8) is 0 Å². The molecule has 0 aliphatic carbocycles. The molecule has 0 unspecified atom stereocenters. The molecule has 4 aromatic rings. The predicted molar refractivity (Wildman–Crippen MR) is 167 cm³/mol. The van der Waals surface area contributed by atoms with Gasteiger partial charge in [0.2, 0.25) is 0 Å². The average molecular weight is 569 g/mol. The molecule has 3 N–H and O–H groups in total. The van der Waals surface area contributed by atoms with Gasteiger partial charge in [-0.05, 0) is 68.0 Å². The molecule has 0 aliphatic heterocycles. The molecule has 0 fully saturated rings. The molecule has 1 aromatic heterocycles. The second-order valence-corrected chi connectivity index (χ2v) is 10.6. The van der Waals surface area contributed by atoms with E-state index < -0.39 is 0 Å². The van der Waals surface area contributed by atoms with Crippen LogP contribution in [0.3, 0.4) is 0 Å². The number of aliphatic imine (C=N–C) groups is 1. The van der Waals surface area contributed by atoms with Crippen molar-refractivity contribution in [1.82, 2.24) is 15.2 Å². The van der Waals surface area contributed by atoms with Crippen LogP contribution in [0.2, 0.25) is 0 Å². The maximum absolute atomic E-state index is 12.8. The molecular weight excluding hydrogens is 532 g/mol. The van der Waals surface area contributed by atoms with Crippen LogP contribution in [0.15, 0.2) is 93.6 Å². The fraction of sp³-hybridized carbons (Fsp3) is 0.242. The first kappa shape index (κ1) is 29.8. The van der Waals surface area contributed by atoms with E-state index in [2.05, 4.69) is 46.2 Å². The zero-order valence-corrected chi connectivity index (χ0v) is 24.5. The van der Waals surface area contributed by atoms with Crippen LogP contribution < -0.4 is 5.32 Å². The molecular formula is C33H36N4O3S. The number of aldehydes is 1. The van der Waals surface area contributed by atoms with Crippen molar-refractivity contribution < 1.29 is 14.7 Å². The number of benzene rings is 3. The summed E-state index contributed by atoms with van der Waals surface area (Å²) in [4.78, 5) is 37.1. The molecule has 4 rings (SSSR count). The second kappa shape index (κ2) is 14.5. The third-order valence-corrected chi connectivity index (χ3v) is 7.96. The van der Waals surface area contributed by atoms with Gasteiger partial charge in [0.15, 0.2) is 12.2 Å². The predicted octanol–water partition coefficient (Wildman–Crippen LogP) is 6.28. The highest BCUT2D eigenvalue weighted by molar-refractivity contribution is 7.99. The van der Waals surface area contributed by atoms with Crippen molar-refractivity contribution in [1.29, 1.82) is 0 Å². The van der Waals surface area contributed by atoms with E-state index in [4.69, 9.17) is 0 Å². The Bertz CT molecular complexity index is 1490. The highest BCUT2D eigenvalue weighted by Gasteiger charge is 2.23. The van der Waals surface area contributed by atoms with Crippen molar-refractivity contribution in [2.75, 3.05) is 33.2 Å². The van der Waals surface area contributed by atoms with Crippen LogP contribution in [-0.4, -0.2) is 66.1 Å². The lowest BCUT2D eigenvalue weighted by atomic mass is 9.97. The van der Waals surface area contributed by atoms with E-state index in [-0.39, 0.29) is 17.4 Å². The largest absolute Gasteiger partial charge is 0.494 e. The maximum atomic E-state index is 12.8. The normalized spacial score (nSPS) is 11.6. The SMILES string of the molecule is CCN(CC)CCCNC(=O)c1cccc(-c2[nH]c(O)c(C(=NC)c3ccc(Sc4ccccc4)cc3)c2C=O)c1. The molecule has 0 atom stereocenters. The van der Waals surface area contributed by atoms with Crippen LogP contribution in [0.5, 0.6) is 5.88 Å². The third kappa shape index (κ3) is 7.34. The summed E-state index contributed by atoms with van der Waals surface area (Å²) in [6.45, 7) is 7.73. The van der Waals surface area contributed by atoms with E-state index in [1.54, 1.807) is 43.1 Å². The Morgan fingerprint density at radius 2 is 1.68 bits per heavy atom. The number of aromatic nitrogens is 1. The van der Waals surface area contributed by atoms with Crippen LogP contribution in [0.25, 0.3) is 11.3 Å². The fourth-order valence-electron chi connectivity index (χ4n) is 4.74. The topological polar surface area (TPSA) is 97.8 Å². The zero-order valence-electron chi connectivity index (χ0n) is 23.7. The quantitative estimate of drug-likeness (QED) is 0.100. The molecule has 1 amide bonds. The number of amides is 1. The molecule has 1 heterocycles. The minimum absolute atomic E-state index is 0.156. The Balaban J connectivity index is 1.54. The number of rotatable bonds is 13. The van der Waals surface area contributed by atoms with Crippen molar-refractivity contribution in [3.05, 3.63) is 101 Å². The fourth-order valence-corrected chi connectivity index (χ4v) is 5.58. The van der Waals surface area contributed by atoms with Crippen LogP contribution in [0.1, 0.15) is 52.1 Å². The van der Waals surface area contributed by atoms with Gasteiger partial charge in [-0.2, -0.15) is 0 Å². The van der Waals surface area contributed by atoms with E-state index in [0.29, 0.717) is 40.9 Å². The van der Waals surface area contributed by atoms with E-state index in [9.17, 15) is 14.7 Å². The van der Waals surface area contributed by atoms with E-state index in [1.165, 1.54) is 0 Å². The number of nitrogens with one attached hydrogen (secondary N) is 2. The van der Waals surface area contributed by atoms with Crippen LogP contribution in [-0.2, 0) is 0 Å². The summed E-state index contributed by atoms with van der Waals surface area (Å²) in [7, 11) is 1.63. The zero-order chi connectivity index (χ0) is 29.2. The molecule has 7 nitrogen and oxygen atoms in total. The van der Waals surface area contributed by atoms with Crippen LogP contribution in [0.4, 0.5) is 0 Å². The Morgan fingerprint density at radius 3 is 2.34 bits per heavy atom. The van der Waals surface area contributed by atoms with Gasteiger partial charge in [-0.3, -0.25) is 14.6 Å². The van der Waals surface area contributed by atoms with Crippen LogP contribution >= 0.6 is 11.8 Å². The van der Waals surface area contributed by atoms with Crippen molar-refractivity contribution in [2.45, 2.75) is 30.1 Å². The van der Waals surface area contributed by atoms with Gasteiger partial charge in [-0.1, -0.05) is 68.1 Å². The first-order valence-electron chi connectivity index (χ1n) is 13.8. The van der Waals surface area contributed by atoms with Gasteiger partial charge in [-0.15, -0.1) is 0 Å². The van der Waals surface area contributed by atoms with Gasteiger partial charge in [-0.25, -0.2) is 0 Å². The number of hydrogen-bond donors (Lipinski definition) is 3. The molecule has 0 bridgehead atoms. The van der Waals surface area contributed by atoms with Crippen molar-refractivity contribution >= 4 is 29.7 Å². The summed E-state index contributed by atoms with van der Waals surface area (Å²) in [5, 5.41) is 13.9. The summed E-state index contributed by atoms with van der Waals surface area (Å²) < 4.78 is 0. The number of carbonyl (C=O) groups is 2. The average Bonchev–Trinajstić information content (AvgIpc) is 3.34. The monoisotopic (exact) mass is 568 g/mol. The third-order valence-electron chi connectivity index (χ3n) is 6.95. The first-order chi connectivity index (χ1) is 20.0. The number of aromatic amines is 1. The summed E-state index contributed by atoms with van der Waals surface area (Å²) in [6.07, 6.45) is 1.58. The van der Waals surface area contributed by atoms with Crippen molar-refractivity contribution in [3.8, 4) is 17.1 Å². The minimum atomic E-state index is -0.181. The van der Waals surface area contributed by atoms with Gasteiger partial charge >= 0.3 is 0 Å². The summed E-state index contributed by atoms with van der Waals surface area (Å²) in [5.41, 5.74) is 3.40. The molecule has 0 radical (unpaired) electrons. The smallest absolute Gasteiger partial charge is 0.251 e. The van der Waals surface area contributed by atoms with Gasteiger partial charge in [0.1, 0.15) is 0 Å². The number of H-pyrrole nitrogens is 1. The van der Waals surface area contributed by atoms with E-state index in [1.807, 2.05) is 42.5 Å². The number of carbonyl (C=O) groups excluding carboxylic acids is 2.